The summed E-state index contributed by atoms with van der Waals surface area (Å²) < 4.78 is 31.3. The molecule has 3 aromatic carbocycles. The van der Waals surface area contributed by atoms with Crippen LogP contribution in [0, 0.1) is 0 Å². The molecule has 9 nitrogen and oxygen atoms in total. The molecule has 5 rings (SSSR count). The van der Waals surface area contributed by atoms with Crippen molar-refractivity contribution in [1.29, 1.82) is 0 Å². The molecule has 0 saturated carbocycles. The second kappa shape index (κ2) is 12.1. The molecule has 1 amide bonds. The molecular formula is C32H37N5O4S. The molecule has 1 aliphatic rings. The standard InChI is InChI=1S/C32H37N5O4S/c1-5-41-25-10-8-9-23(21-25)27-14-13-24(26-11-6-7-12-28(26)27)22-36-17-19-37(20-18-36)30-16-15-29(33-34-30)31(38)35-42(39,40)32(2,3)4/h6-16,21H,5,17-20,22H2,1-4H3,(H,35,38). The molecule has 42 heavy (non-hydrogen) atoms. The lowest BCUT2D eigenvalue weighted by Crippen LogP contribution is -2.46. The SMILES string of the molecule is CCOc1cccc(-c2ccc(CN3CCN(c4ccc(C(=O)NS(=O)(=O)C(C)(C)C)nn4)CC3)c3ccccc23)c1. The molecule has 1 saturated heterocycles. The lowest BCUT2D eigenvalue weighted by atomic mass is 9.94. The zero-order chi connectivity index (χ0) is 29.9. The molecule has 0 aliphatic carbocycles. The number of piperazine rings is 1. The van der Waals surface area contributed by atoms with Gasteiger partial charge in [0.05, 0.1) is 11.4 Å². The third-order valence-corrected chi connectivity index (χ3v) is 9.54. The number of rotatable bonds is 8. The fraction of sp³-hybridized carbons (Fsp3) is 0.344. The third kappa shape index (κ3) is 6.39. The number of nitrogens with one attached hydrogen (secondary N) is 1. The first kappa shape index (κ1) is 29.5. The number of fused-ring (bicyclic) bond motifs is 1. The molecule has 1 aromatic heterocycles. The summed E-state index contributed by atoms with van der Waals surface area (Å²) in [4.78, 5) is 17.0. The second-order valence-electron chi connectivity index (χ2n) is 11.4. The number of nitrogens with zero attached hydrogens (tertiary/aromatic N) is 4. The van der Waals surface area contributed by atoms with Gasteiger partial charge >= 0.3 is 0 Å². The zero-order valence-corrected chi connectivity index (χ0v) is 25.3. The first-order valence-corrected chi connectivity index (χ1v) is 15.7. The van der Waals surface area contributed by atoms with Crippen molar-refractivity contribution in [3.05, 3.63) is 84.1 Å². The molecule has 0 unspecified atom stereocenters. The van der Waals surface area contributed by atoms with Crippen LogP contribution in [0.25, 0.3) is 21.9 Å². The predicted octanol–water partition coefficient (Wildman–Crippen LogP) is 4.88. The molecule has 0 radical (unpaired) electrons. The van der Waals surface area contributed by atoms with Crippen molar-refractivity contribution in [2.75, 3.05) is 37.7 Å². The lowest BCUT2D eigenvalue weighted by molar-refractivity contribution is 0.0974. The third-order valence-electron chi connectivity index (χ3n) is 7.48. The van der Waals surface area contributed by atoms with Gasteiger partial charge < -0.3 is 9.64 Å². The van der Waals surface area contributed by atoms with Crippen molar-refractivity contribution >= 4 is 32.5 Å². The Morgan fingerprint density at radius 2 is 1.64 bits per heavy atom. The van der Waals surface area contributed by atoms with E-state index in [-0.39, 0.29) is 5.69 Å². The number of ether oxygens (including phenoxy) is 1. The smallest absolute Gasteiger partial charge is 0.285 e. The number of sulfonamides is 1. The van der Waals surface area contributed by atoms with Gasteiger partial charge in [0.1, 0.15) is 5.75 Å². The second-order valence-corrected chi connectivity index (χ2v) is 13.8. The quantitative estimate of drug-likeness (QED) is 0.311. The van der Waals surface area contributed by atoms with Crippen LogP contribution < -0.4 is 14.4 Å². The van der Waals surface area contributed by atoms with Gasteiger partial charge in [0, 0.05) is 32.7 Å². The summed E-state index contributed by atoms with van der Waals surface area (Å²) in [5, 5.41) is 10.7. The number of amides is 1. The van der Waals surface area contributed by atoms with E-state index in [0.717, 1.165) is 44.0 Å². The van der Waals surface area contributed by atoms with E-state index in [1.54, 1.807) is 6.07 Å². The van der Waals surface area contributed by atoms with Gasteiger partial charge in [-0.2, -0.15) is 0 Å². The average molecular weight is 588 g/mol. The van der Waals surface area contributed by atoms with Gasteiger partial charge in [0.2, 0.25) is 10.0 Å². The predicted molar refractivity (Wildman–Crippen MR) is 166 cm³/mol. The Balaban J connectivity index is 1.24. The molecule has 0 atom stereocenters. The molecule has 0 spiro atoms. The lowest BCUT2D eigenvalue weighted by Gasteiger charge is -2.35. The van der Waals surface area contributed by atoms with Crippen molar-refractivity contribution in [3.8, 4) is 16.9 Å². The fourth-order valence-corrected chi connectivity index (χ4v) is 5.64. The van der Waals surface area contributed by atoms with Gasteiger partial charge in [-0.15, -0.1) is 10.2 Å². The fourth-order valence-electron chi connectivity index (χ4n) is 4.99. The first-order valence-electron chi connectivity index (χ1n) is 14.2. The highest BCUT2D eigenvalue weighted by molar-refractivity contribution is 7.91. The number of hydrogen-bond acceptors (Lipinski definition) is 8. The van der Waals surface area contributed by atoms with E-state index in [1.807, 2.05) is 19.1 Å². The van der Waals surface area contributed by atoms with Crippen LogP contribution in [0.5, 0.6) is 5.75 Å². The normalized spacial score (nSPS) is 14.6. The number of aromatic nitrogens is 2. The minimum absolute atomic E-state index is 0.0369. The maximum absolute atomic E-state index is 12.4. The van der Waals surface area contributed by atoms with Crippen LogP contribution in [0.15, 0.2) is 72.8 Å². The highest BCUT2D eigenvalue weighted by Crippen LogP contribution is 2.33. The highest BCUT2D eigenvalue weighted by atomic mass is 32.2. The van der Waals surface area contributed by atoms with Gasteiger partial charge in [0.25, 0.3) is 5.91 Å². The zero-order valence-electron chi connectivity index (χ0n) is 24.5. The maximum atomic E-state index is 12.4. The summed E-state index contributed by atoms with van der Waals surface area (Å²) >= 11 is 0. The van der Waals surface area contributed by atoms with Crippen LogP contribution in [0.2, 0.25) is 0 Å². The minimum Gasteiger partial charge on any atom is -0.494 e. The summed E-state index contributed by atoms with van der Waals surface area (Å²) in [6, 6.07) is 24.5. The van der Waals surface area contributed by atoms with E-state index in [2.05, 4.69) is 73.3 Å². The van der Waals surface area contributed by atoms with Crippen molar-refractivity contribution < 1.29 is 17.9 Å². The number of carbonyl (C=O) groups excluding carboxylic acids is 1. The molecule has 1 N–H and O–H groups in total. The van der Waals surface area contributed by atoms with Crippen molar-refractivity contribution in [1.82, 2.24) is 19.8 Å². The summed E-state index contributed by atoms with van der Waals surface area (Å²) in [5.74, 6) is 0.750. The number of benzene rings is 3. The van der Waals surface area contributed by atoms with Gasteiger partial charge in [-0.25, -0.2) is 13.1 Å². The number of hydrogen-bond donors (Lipinski definition) is 1. The van der Waals surface area contributed by atoms with Crippen molar-refractivity contribution in [3.63, 3.8) is 0 Å². The van der Waals surface area contributed by atoms with Crippen LogP contribution in [-0.2, 0) is 16.6 Å². The monoisotopic (exact) mass is 587 g/mol. The topological polar surface area (TPSA) is 105 Å². The molecular weight excluding hydrogens is 550 g/mol. The largest absolute Gasteiger partial charge is 0.494 e. The summed E-state index contributed by atoms with van der Waals surface area (Å²) in [5.41, 5.74) is 3.57. The number of carbonyl (C=O) groups is 1. The molecule has 1 aliphatic heterocycles. The Morgan fingerprint density at radius 3 is 2.31 bits per heavy atom. The van der Waals surface area contributed by atoms with Crippen LogP contribution in [0.3, 0.4) is 0 Å². The first-order chi connectivity index (χ1) is 20.1. The van der Waals surface area contributed by atoms with Gasteiger partial charge in [-0.3, -0.25) is 9.69 Å². The molecule has 220 valence electrons. The maximum Gasteiger partial charge on any atom is 0.285 e. The highest BCUT2D eigenvalue weighted by Gasteiger charge is 2.31. The van der Waals surface area contributed by atoms with Gasteiger partial charge in [-0.05, 0) is 79.4 Å². The van der Waals surface area contributed by atoms with Crippen LogP contribution in [0.1, 0.15) is 43.7 Å². The van der Waals surface area contributed by atoms with Gasteiger partial charge in [0.15, 0.2) is 11.5 Å². The van der Waals surface area contributed by atoms with E-state index >= 15 is 0 Å². The average Bonchev–Trinajstić information content (AvgIpc) is 2.97. The summed E-state index contributed by atoms with van der Waals surface area (Å²) in [6.07, 6.45) is 0. The van der Waals surface area contributed by atoms with E-state index in [1.165, 1.54) is 48.7 Å². The molecule has 10 heteroatoms. The minimum atomic E-state index is -3.83. The van der Waals surface area contributed by atoms with Crippen molar-refractivity contribution in [2.24, 2.45) is 0 Å². The summed E-state index contributed by atoms with van der Waals surface area (Å²) in [6.45, 7) is 11.3. The Labute approximate surface area is 247 Å². The van der Waals surface area contributed by atoms with Crippen LogP contribution >= 0.6 is 0 Å². The van der Waals surface area contributed by atoms with Crippen LogP contribution in [0.4, 0.5) is 5.82 Å². The van der Waals surface area contributed by atoms with E-state index < -0.39 is 20.7 Å². The Kier molecular flexibility index (Phi) is 8.47. The van der Waals surface area contributed by atoms with E-state index in [4.69, 9.17) is 4.74 Å². The molecule has 2 heterocycles. The molecule has 4 aromatic rings. The Morgan fingerprint density at radius 1 is 0.905 bits per heavy atom. The molecule has 1 fully saturated rings. The van der Waals surface area contributed by atoms with E-state index in [0.29, 0.717) is 12.4 Å². The van der Waals surface area contributed by atoms with Crippen LogP contribution in [-0.4, -0.2) is 67.0 Å². The Bertz CT molecular complexity index is 1680. The Hall–Kier alpha value is -4.02. The van der Waals surface area contributed by atoms with Crippen molar-refractivity contribution in [2.45, 2.75) is 39.0 Å². The van der Waals surface area contributed by atoms with Gasteiger partial charge in [-0.1, -0.05) is 48.5 Å². The summed E-state index contributed by atoms with van der Waals surface area (Å²) in [7, 11) is -3.83. The number of anilines is 1. The van der Waals surface area contributed by atoms with E-state index in [9.17, 15) is 13.2 Å². The molecule has 0 bridgehead atoms.